The predicted octanol–water partition coefficient (Wildman–Crippen LogP) is 3.40. The van der Waals surface area contributed by atoms with Gasteiger partial charge in [-0.1, -0.05) is 41.3 Å². The van der Waals surface area contributed by atoms with Gasteiger partial charge in [-0.25, -0.2) is 9.97 Å². The second kappa shape index (κ2) is 5.94. The van der Waals surface area contributed by atoms with E-state index in [4.69, 9.17) is 0 Å². The number of thioether (sulfide) groups is 1. The molecular weight excluding hydrogens is 310 g/mol. The van der Waals surface area contributed by atoms with Gasteiger partial charge in [0.1, 0.15) is 5.03 Å². The molecule has 3 rings (SSSR count). The molecule has 0 atom stereocenters. The average Bonchev–Trinajstić information content (AvgIpc) is 2.94. The van der Waals surface area contributed by atoms with E-state index in [1.165, 1.54) is 11.8 Å². The molecule has 0 amide bonds. The first-order valence-corrected chi connectivity index (χ1v) is 8.66. The number of hydrogen-bond acceptors (Lipinski definition) is 8. The summed E-state index contributed by atoms with van der Waals surface area (Å²) in [6, 6.07) is 7.96. The Morgan fingerprint density at radius 1 is 1.10 bits per heavy atom. The molecule has 0 saturated heterocycles. The molecule has 0 fully saturated rings. The van der Waals surface area contributed by atoms with Crippen molar-refractivity contribution in [1.82, 2.24) is 20.2 Å². The molecule has 1 N–H and O–H groups in total. The van der Waals surface area contributed by atoms with Gasteiger partial charge >= 0.3 is 0 Å². The summed E-state index contributed by atoms with van der Waals surface area (Å²) in [6.07, 6.45) is 1.99. The minimum atomic E-state index is 0.612. The molecule has 0 radical (unpaired) electrons. The normalized spacial score (nSPS) is 10.9. The molecule has 2 aromatic heterocycles. The van der Waals surface area contributed by atoms with Crippen LogP contribution in [-0.2, 0) is 0 Å². The predicted molar refractivity (Wildman–Crippen MR) is 84.9 cm³/mol. The molecule has 1 aromatic carbocycles. The summed E-state index contributed by atoms with van der Waals surface area (Å²) in [5, 5.41) is 13.2. The molecule has 5 nitrogen and oxygen atoms in total. The van der Waals surface area contributed by atoms with Crippen molar-refractivity contribution in [2.75, 3.05) is 18.6 Å². The molecule has 0 aliphatic rings. The maximum atomic E-state index is 4.52. The SMILES string of the molecule is CNc1nc(Sc2nnc(SC)s2)c2ccccc2n1. The second-order valence-electron chi connectivity index (χ2n) is 3.76. The van der Waals surface area contributed by atoms with Crippen LogP contribution in [0, 0.1) is 0 Å². The Kier molecular flexibility index (Phi) is 4.04. The van der Waals surface area contributed by atoms with Crippen LogP contribution in [0.3, 0.4) is 0 Å². The fourth-order valence-electron chi connectivity index (χ4n) is 1.64. The average molecular weight is 321 g/mol. The van der Waals surface area contributed by atoms with Crippen LogP contribution in [0.25, 0.3) is 10.9 Å². The Morgan fingerprint density at radius 3 is 2.65 bits per heavy atom. The van der Waals surface area contributed by atoms with E-state index in [1.54, 1.807) is 23.1 Å². The Hall–Kier alpha value is -1.38. The zero-order valence-corrected chi connectivity index (χ0v) is 13.3. The molecule has 0 bridgehead atoms. The summed E-state index contributed by atoms with van der Waals surface area (Å²) in [5.74, 6) is 0.612. The van der Waals surface area contributed by atoms with Gasteiger partial charge in [-0.3, -0.25) is 0 Å². The molecule has 0 unspecified atom stereocenters. The number of rotatable bonds is 4. The van der Waals surface area contributed by atoms with E-state index < -0.39 is 0 Å². The number of fused-ring (bicyclic) bond motifs is 1. The molecule has 0 aliphatic heterocycles. The maximum Gasteiger partial charge on any atom is 0.224 e. The van der Waals surface area contributed by atoms with Crippen LogP contribution in [0.15, 0.2) is 38.0 Å². The van der Waals surface area contributed by atoms with Crippen molar-refractivity contribution in [3.05, 3.63) is 24.3 Å². The molecule has 8 heteroatoms. The summed E-state index contributed by atoms with van der Waals surface area (Å²) in [6.45, 7) is 0. The quantitative estimate of drug-likeness (QED) is 0.583. The van der Waals surface area contributed by atoms with Crippen molar-refractivity contribution < 1.29 is 0 Å². The fraction of sp³-hybridized carbons (Fsp3) is 0.167. The van der Waals surface area contributed by atoms with Crippen LogP contribution < -0.4 is 5.32 Å². The topological polar surface area (TPSA) is 63.6 Å². The van der Waals surface area contributed by atoms with Gasteiger partial charge in [-0.05, 0) is 24.1 Å². The number of benzene rings is 1. The number of para-hydroxylation sites is 1. The zero-order valence-electron chi connectivity index (χ0n) is 10.8. The third kappa shape index (κ3) is 2.72. The molecule has 20 heavy (non-hydrogen) atoms. The first kappa shape index (κ1) is 13.6. The van der Waals surface area contributed by atoms with Crippen LogP contribution in [0.2, 0.25) is 0 Å². The lowest BCUT2D eigenvalue weighted by Crippen LogP contribution is -1.98. The molecule has 3 aromatic rings. The van der Waals surface area contributed by atoms with Gasteiger partial charge in [0.15, 0.2) is 8.68 Å². The first-order valence-electron chi connectivity index (χ1n) is 5.80. The van der Waals surface area contributed by atoms with E-state index in [0.717, 1.165) is 24.6 Å². The van der Waals surface area contributed by atoms with Gasteiger partial charge in [-0.15, -0.1) is 10.2 Å². The minimum Gasteiger partial charge on any atom is -0.357 e. The smallest absolute Gasteiger partial charge is 0.224 e. The lowest BCUT2D eigenvalue weighted by molar-refractivity contribution is 0.954. The monoisotopic (exact) mass is 321 g/mol. The molecule has 0 spiro atoms. The summed E-state index contributed by atoms with van der Waals surface area (Å²) in [7, 11) is 1.81. The highest BCUT2D eigenvalue weighted by molar-refractivity contribution is 8.03. The van der Waals surface area contributed by atoms with E-state index in [0.29, 0.717) is 5.95 Å². The maximum absolute atomic E-state index is 4.52. The molecule has 0 aliphatic carbocycles. The zero-order chi connectivity index (χ0) is 13.9. The van der Waals surface area contributed by atoms with Crippen molar-refractivity contribution >= 4 is 51.7 Å². The number of nitrogens with zero attached hydrogens (tertiary/aromatic N) is 4. The van der Waals surface area contributed by atoms with Gasteiger partial charge in [-0.2, -0.15) is 0 Å². The molecule has 2 heterocycles. The number of aromatic nitrogens is 4. The van der Waals surface area contributed by atoms with Crippen LogP contribution in [0.4, 0.5) is 5.95 Å². The summed E-state index contributed by atoms with van der Waals surface area (Å²) >= 11 is 4.69. The lowest BCUT2D eigenvalue weighted by Gasteiger charge is -2.06. The Bertz CT molecular complexity index is 743. The van der Waals surface area contributed by atoms with Crippen molar-refractivity contribution in [1.29, 1.82) is 0 Å². The Morgan fingerprint density at radius 2 is 1.90 bits per heavy atom. The Labute approximate surface area is 128 Å². The fourth-order valence-corrected chi connectivity index (χ4v) is 4.11. The molecule has 0 saturated carbocycles. The largest absolute Gasteiger partial charge is 0.357 e. The van der Waals surface area contributed by atoms with Crippen molar-refractivity contribution in [3.8, 4) is 0 Å². The number of hydrogen-bond donors (Lipinski definition) is 1. The highest BCUT2D eigenvalue weighted by atomic mass is 32.2. The highest BCUT2D eigenvalue weighted by Crippen LogP contribution is 2.35. The second-order valence-corrected chi connectivity index (χ2v) is 7.03. The van der Waals surface area contributed by atoms with Crippen molar-refractivity contribution in [3.63, 3.8) is 0 Å². The third-order valence-electron chi connectivity index (χ3n) is 2.54. The third-order valence-corrected chi connectivity index (χ3v) is 5.49. The van der Waals surface area contributed by atoms with Gasteiger partial charge < -0.3 is 5.32 Å². The number of nitrogens with one attached hydrogen (secondary N) is 1. The van der Waals surface area contributed by atoms with Gasteiger partial charge in [0.25, 0.3) is 0 Å². The van der Waals surface area contributed by atoms with Gasteiger partial charge in [0.2, 0.25) is 5.95 Å². The van der Waals surface area contributed by atoms with E-state index in [-0.39, 0.29) is 0 Å². The molecule has 102 valence electrons. The molecular formula is C12H11N5S3. The van der Waals surface area contributed by atoms with E-state index in [2.05, 4.69) is 25.5 Å². The van der Waals surface area contributed by atoms with E-state index in [9.17, 15) is 0 Å². The summed E-state index contributed by atoms with van der Waals surface area (Å²) in [4.78, 5) is 8.97. The van der Waals surface area contributed by atoms with Crippen LogP contribution in [0.5, 0.6) is 0 Å². The van der Waals surface area contributed by atoms with Gasteiger partial charge in [0.05, 0.1) is 5.52 Å². The highest BCUT2D eigenvalue weighted by Gasteiger charge is 2.11. The van der Waals surface area contributed by atoms with Crippen LogP contribution >= 0.6 is 34.9 Å². The Balaban J connectivity index is 2.04. The minimum absolute atomic E-state index is 0.612. The van der Waals surface area contributed by atoms with Crippen LogP contribution in [0.1, 0.15) is 0 Å². The summed E-state index contributed by atoms with van der Waals surface area (Å²) < 4.78 is 1.85. The van der Waals surface area contributed by atoms with Crippen LogP contribution in [-0.4, -0.2) is 33.5 Å². The lowest BCUT2D eigenvalue weighted by atomic mass is 10.2. The van der Waals surface area contributed by atoms with E-state index in [1.807, 2.05) is 37.6 Å². The van der Waals surface area contributed by atoms with Crippen molar-refractivity contribution in [2.45, 2.75) is 13.7 Å². The number of anilines is 1. The van der Waals surface area contributed by atoms with Crippen molar-refractivity contribution in [2.24, 2.45) is 0 Å². The standard InChI is InChI=1S/C12H11N5S3/c1-13-10-14-8-6-4-3-5-7(8)9(15-10)19-12-17-16-11(18-2)20-12/h3-6H,1-2H3,(H,13,14,15). The first-order chi connectivity index (χ1) is 9.80. The van der Waals surface area contributed by atoms with Gasteiger partial charge in [0, 0.05) is 12.4 Å². The van der Waals surface area contributed by atoms with E-state index >= 15 is 0 Å². The summed E-state index contributed by atoms with van der Waals surface area (Å²) in [5.41, 5.74) is 0.920.